The molecule has 0 bridgehead atoms. The standard InChI is InChI=1S/C18H22N2/c1-19(2)12-13-5-7-17-14(9-13)10-15-11-16(20(3)4)6-8-18(15)17/h5-9,11H,10,12H2,1-4H3. The maximum Gasteiger partial charge on any atom is 0.0364 e. The van der Waals surface area contributed by atoms with E-state index in [4.69, 9.17) is 0 Å². The number of rotatable bonds is 3. The molecule has 2 heteroatoms. The van der Waals surface area contributed by atoms with Crippen LogP contribution in [0.1, 0.15) is 16.7 Å². The van der Waals surface area contributed by atoms with Crippen LogP contribution in [0.3, 0.4) is 0 Å². The summed E-state index contributed by atoms with van der Waals surface area (Å²) in [6.07, 6.45) is 1.06. The van der Waals surface area contributed by atoms with E-state index in [1.54, 1.807) is 0 Å². The van der Waals surface area contributed by atoms with E-state index in [2.05, 4.69) is 74.4 Å². The maximum atomic E-state index is 2.37. The predicted octanol–water partition coefficient (Wildman–Crippen LogP) is 3.39. The van der Waals surface area contributed by atoms with Gasteiger partial charge in [0.05, 0.1) is 0 Å². The van der Waals surface area contributed by atoms with Gasteiger partial charge >= 0.3 is 0 Å². The smallest absolute Gasteiger partial charge is 0.0364 e. The van der Waals surface area contributed by atoms with Crippen LogP contribution in [0.25, 0.3) is 11.1 Å². The molecule has 0 amide bonds. The summed E-state index contributed by atoms with van der Waals surface area (Å²) in [5.74, 6) is 0. The lowest BCUT2D eigenvalue weighted by molar-refractivity contribution is 0.402. The Labute approximate surface area is 121 Å². The molecule has 0 saturated heterocycles. The number of hydrogen-bond acceptors (Lipinski definition) is 2. The van der Waals surface area contributed by atoms with Crippen molar-refractivity contribution in [1.82, 2.24) is 4.90 Å². The van der Waals surface area contributed by atoms with Crippen LogP contribution in [0.5, 0.6) is 0 Å². The lowest BCUT2D eigenvalue weighted by Crippen LogP contribution is -2.10. The quantitative estimate of drug-likeness (QED) is 0.717. The zero-order valence-electron chi connectivity index (χ0n) is 12.8. The third-order valence-electron chi connectivity index (χ3n) is 3.94. The van der Waals surface area contributed by atoms with Gasteiger partial charge in [-0.3, -0.25) is 0 Å². The van der Waals surface area contributed by atoms with Crippen LogP contribution in [-0.4, -0.2) is 33.1 Å². The Balaban J connectivity index is 1.97. The molecule has 0 atom stereocenters. The molecular formula is C18H22N2. The van der Waals surface area contributed by atoms with E-state index in [0.717, 1.165) is 13.0 Å². The van der Waals surface area contributed by atoms with Crippen LogP contribution >= 0.6 is 0 Å². The third-order valence-corrected chi connectivity index (χ3v) is 3.94. The normalized spacial score (nSPS) is 12.4. The van der Waals surface area contributed by atoms with Crippen molar-refractivity contribution < 1.29 is 0 Å². The van der Waals surface area contributed by atoms with Crippen LogP contribution < -0.4 is 4.90 Å². The topological polar surface area (TPSA) is 6.48 Å². The van der Waals surface area contributed by atoms with Crippen LogP contribution in [0.4, 0.5) is 5.69 Å². The fourth-order valence-corrected chi connectivity index (χ4v) is 2.99. The van der Waals surface area contributed by atoms with Gasteiger partial charge in [0.1, 0.15) is 0 Å². The summed E-state index contributed by atoms with van der Waals surface area (Å²) < 4.78 is 0. The zero-order valence-corrected chi connectivity index (χ0v) is 12.8. The highest BCUT2D eigenvalue weighted by Crippen LogP contribution is 2.38. The van der Waals surface area contributed by atoms with E-state index in [1.165, 1.54) is 33.5 Å². The molecule has 0 N–H and O–H groups in total. The Hall–Kier alpha value is -1.80. The van der Waals surface area contributed by atoms with Crippen molar-refractivity contribution in [2.24, 2.45) is 0 Å². The van der Waals surface area contributed by atoms with Gasteiger partial charge < -0.3 is 9.80 Å². The number of benzene rings is 2. The molecule has 0 aromatic heterocycles. The molecule has 104 valence electrons. The van der Waals surface area contributed by atoms with Gasteiger partial charge in [-0.25, -0.2) is 0 Å². The van der Waals surface area contributed by atoms with E-state index in [9.17, 15) is 0 Å². The Morgan fingerprint density at radius 1 is 0.850 bits per heavy atom. The Bertz CT molecular complexity index is 642. The van der Waals surface area contributed by atoms with Crippen LogP contribution in [-0.2, 0) is 13.0 Å². The van der Waals surface area contributed by atoms with Crippen molar-refractivity contribution in [3.05, 3.63) is 53.1 Å². The molecule has 2 aromatic rings. The molecule has 0 radical (unpaired) electrons. The first-order chi connectivity index (χ1) is 9.54. The van der Waals surface area contributed by atoms with Gasteiger partial charge in [0.15, 0.2) is 0 Å². The number of hydrogen-bond donors (Lipinski definition) is 0. The number of nitrogens with zero attached hydrogens (tertiary/aromatic N) is 2. The molecule has 1 aliphatic carbocycles. The van der Waals surface area contributed by atoms with Crippen molar-refractivity contribution in [3.8, 4) is 11.1 Å². The van der Waals surface area contributed by atoms with Crippen LogP contribution in [0.15, 0.2) is 36.4 Å². The van der Waals surface area contributed by atoms with Gasteiger partial charge in [0.25, 0.3) is 0 Å². The minimum atomic E-state index is 1.01. The first kappa shape index (κ1) is 13.2. The van der Waals surface area contributed by atoms with Crippen molar-refractivity contribution in [2.45, 2.75) is 13.0 Å². The molecule has 0 unspecified atom stereocenters. The van der Waals surface area contributed by atoms with Crippen molar-refractivity contribution in [2.75, 3.05) is 33.1 Å². The second kappa shape index (κ2) is 4.95. The Morgan fingerprint density at radius 2 is 1.50 bits per heavy atom. The number of anilines is 1. The average molecular weight is 266 g/mol. The second-order valence-corrected chi connectivity index (χ2v) is 6.14. The summed E-state index contributed by atoms with van der Waals surface area (Å²) in [6, 6.07) is 13.7. The molecule has 20 heavy (non-hydrogen) atoms. The summed E-state index contributed by atoms with van der Waals surface area (Å²) in [5.41, 5.74) is 8.41. The highest BCUT2D eigenvalue weighted by Gasteiger charge is 2.19. The van der Waals surface area contributed by atoms with Gasteiger partial charge in [-0.1, -0.05) is 24.3 Å². The Morgan fingerprint density at radius 3 is 2.15 bits per heavy atom. The lowest BCUT2D eigenvalue weighted by Gasteiger charge is -2.13. The van der Waals surface area contributed by atoms with Gasteiger partial charge in [-0.15, -0.1) is 0 Å². The van der Waals surface area contributed by atoms with Crippen molar-refractivity contribution >= 4 is 5.69 Å². The summed E-state index contributed by atoms with van der Waals surface area (Å²) >= 11 is 0. The number of fused-ring (bicyclic) bond motifs is 3. The van der Waals surface area contributed by atoms with Crippen LogP contribution in [0.2, 0.25) is 0 Å². The molecule has 0 aliphatic heterocycles. The first-order valence-electron chi connectivity index (χ1n) is 7.12. The minimum Gasteiger partial charge on any atom is -0.378 e. The van der Waals surface area contributed by atoms with E-state index < -0.39 is 0 Å². The molecular weight excluding hydrogens is 244 g/mol. The van der Waals surface area contributed by atoms with E-state index in [-0.39, 0.29) is 0 Å². The van der Waals surface area contributed by atoms with E-state index >= 15 is 0 Å². The second-order valence-electron chi connectivity index (χ2n) is 6.14. The van der Waals surface area contributed by atoms with Gasteiger partial charge in [-0.2, -0.15) is 0 Å². The first-order valence-corrected chi connectivity index (χ1v) is 7.12. The molecule has 0 spiro atoms. The van der Waals surface area contributed by atoms with Gasteiger partial charge in [0.2, 0.25) is 0 Å². The Kier molecular flexibility index (Phi) is 3.27. The summed E-state index contributed by atoms with van der Waals surface area (Å²) in [6.45, 7) is 1.01. The molecule has 0 fully saturated rings. The fourth-order valence-electron chi connectivity index (χ4n) is 2.99. The lowest BCUT2D eigenvalue weighted by atomic mass is 10.0. The highest BCUT2D eigenvalue weighted by atomic mass is 15.1. The largest absolute Gasteiger partial charge is 0.378 e. The summed E-state index contributed by atoms with van der Waals surface area (Å²) in [7, 11) is 8.43. The van der Waals surface area contributed by atoms with Crippen molar-refractivity contribution in [1.29, 1.82) is 0 Å². The van der Waals surface area contributed by atoms with E-state index in [0.29, 0.717) is 0 Å². The van der Waals surface area contributed by atoms with Crippen molar-refractivity contribution in [3.63, 3.8) is 0 Å². The third kappa shape index (κ3) is 2.32. The molecule has 2 nitrogen and oxygen atoms in total. The maximum absolute atomic E-state index is 2.37. The predicted molar refractivity (Wildman–Crippen MR) is 86.4 cm³/mol. The fraction of sp³-hybridized carbons (Fsp3) is 0.333. The average Bonchev–Trinajstić information content (AvgIpc) is 2.74. The summed E-state index contributed by atoms with van der Waals surface area (Å²) in [4.78, 5) is 4.38. The summed E-state index contributed by atoms with van der Waals surface area (Å²) in [5, 5.41) is 0. The van der Waals surface area contributed by atoms with Crippen LogP contribution in [0, 0.1) is 0 Å². The van der Waals surface area contributed by atoms with Gasteiger partial charge in [-0.05, 0) is 60.5 Å². The monoisotopic (exact) mass is 266 g/mol. The molecule has 1 aliphatic rings. The molecule has 0 saturated carbocycles. The highest BCUT2D eigenvalue weighted by molar-refractivity contribution is 5.79. The molecule has 0 heterocycles. The van der Waals surface area contributed by atoms with Gasteiger partial charge in [0, 0.05) is 26.3 Å². The SMILES string of the molecule is CN(C)Cc1ccc2c(c1)Cc1cc(N(C)C)ccc1-2. The zero-order chi connectivity index (χ0) is 14.3. The molecule has 3 rings (SSSR count). The molecule has 2 aromatic carbocycles. The minimum absolute atomic E-state index is 1.01. The van der Waals surface area contributed by atoms with E-state index in [1.807, 2.05) is 0 Å².